The predicted molar refractivity (Wildman–Crippen MR) is 121 cm³/mol. The third-order valence-corrected chi connectivity index (χ3v) is 6.72. The van der Waals surface area contributed by atoms with Crippen LogP contribution in [-0.4, -0.2) is 27.2 Å². The molecule has 1 unspecified atom stereocenters. The lowest BCUT2D eigenvalue weighted by Crippen LogP contribution is -2.30. The Morgan fingerprint density at radius 3 is 2.13 bits per heavy atom. The molecule has 0 saturated carbocycles. The first-order chi connectivity index (χ1) is 14.6. The van der Waals surface area contributed by atoms with Crippen molar-refractivity contribution in [3.8, 4) is 5.75 Å². The zero-order chi connectivity index (χ0) is 21.0. The molecule has 0 bridgehead atoms. The zero-order valence-electron chi connectivity index (χ0n) is 16.5. The molecule has 1 aliphatic rings. The van der Waals surface area contributed by atoms with Crippen LogP contribution in [-0.2, 0) is 15.6 Å². The van der Waals surface area contributed by atoms with Gasteiger partial charge in [0.15, 0.2) is 15.2 Å². The zero-order valence-corrected chi connectivity index (χ0v) is 17.3. The van der Waals surface area contributed by atoms with Gasteiger partial charge in [-0.15, -0.1) is 0 Å². The van der Waals surface area contributed by atoms with Gasteiger partial charge < -0.3 is 10.1 Å². The van der Waals surface area contributed by atoms with E-state index in [1.807, 2.05) is 84.9 Å². The molecule has 0 spiro atoms. The van der Waals surface area contributed by atoms with Crippen LogP contribution in [0.4, 0.5) is 0 Å². The quantitative estimate of drug-likeness (QED) is 0.653. The van der Waals surface area contributed by atoms with E-state index in [2.05, 4.69) is 10.3 Å². The topological polar surface area (TPSA) is 67.8 Å². The standard InChI is InChI=1S/C24H22N2O3S/c1-29-21-14-12-19(13-15-21)22-23(20-10-6-3-7-11-20)25-17-26-24(22)30(27,28)16-18-8-4-2-5-9-18/h2-15,17,24H,16H2,1H3,(H,25,26). The van der Waals surface area contributed by atoms with Crippen LogP contribution in [0, 0.1) is 0 Å². The maximum atomic E-state index is 13.4. The van der Waals surface area contributed by atoms with Gasteiger partial charge in [-0.25, -0.2) is 8.42 Å². The highest BCUT2D eigenvalue weighted by molar-refractivity contribution is 7.91. The molecule has 30 heavy (non-hydrogen) atoms. The summed E-state index contributed by atoms with van der Waals surface area (Å²) < 4.78 is 32.1. The first-order valence-electron chi connectivity index (χ1n) is 9.56. The van der Waals surface area contributed by atoms with Gasteiger partial charge in [-0.2, -0.15) is 0 Å². The minimum absolute atomic E-state index is 0.0857. The van der Waals surface area contributed by atoms with Crippen LogP contribution in [0.5, 0.6) is 5.75 Å². The molecule has 1 atom stereocenters. The van der Waals surface area contributed by atoms with Crippen molar-refractivity contribution in [2.75, 3.05) is 7.11 Å². The van der Waals surface area contributed by atoms with Crippen molar-refractivity contribution in [2.24, 2.45) is 4.99 Å². The van der Waals surface area contributed by atoms with Crippen molar-refractivity contribution in [1.29, 1.82) is 0 Å². The Kier molecular flexibility index (Phi) is 5.68. The molecule has 0 radical (unpaired) electrons. The fourth-order valence-electron chi connectivity index (χ4n) is 3.50. The molecule has 3 aromatic carbocycles. The second-order valence-corrected chi connectivity index (χ2v) is 9.01. The van der Waals surface area contributed by atoms with E-state index in [4.69, 9.17) is 4.74 Å². The smallest absolute Gasteiger partial charge is 0.181 e. The van der Waals surface area contributed by atoms with E-state index in [1.165, 1.54) is 6.34 Å². The average molecular weight is 419 g/mol. The molecule has 3 aromatic rings. The van der Waals surface area contributed by atoms with Gasteiger partial charge in [0.25, 0.3) is 0 Å². The van der Waals surface area contributed by atoms with E-state index in [1.54, 1.807) is 7.11 Å². The van der Waals surface area contributed by atoms with Gasteiger partial charge in [-0.1, -0.05) is 72.8 Å². The minimum atomic E-state index is -3.62. The van der Waals surface area contributed by atoms with E-state index < -0.39 is 15.2 Å². The molecule has 4 rings (SSSR count). The molecule has 0 fully saturated rings. The van der Waals surface area contributed by atoms with Gasteiger partial charge in [0.1, 0.15) is 5.75 Å². The van der Waals surface area contributed by atoms with Crippen molar-refractivity contribution < 1.29 is 13.2 Å². The Labute approximate surface area is 176 Å². The SMILES string of the molecule is COc1ccc(C2=C(c3ccccc3)NC=NC2S(=O)(=O)Cc2ccccc2)cc1. The number of rotatable bonds is 6. The van der Waals surface area contributed by atoms with E-state index in [0.29, 0.717) is 11.3 Å². The lowest BCUT2D eigenvalue weighted by molar-refractivity contribution is 0.415. The first-order valence-corrected chi connectivity index (χ1v) is 11.3. The molecule has 0 saturated heterocycles. The van der Waals surface area contributed by atoms with Crippen molar-refractivity contribution in [1.82, 2.24) is 5.32 Å². The molecule has 1 N–H and O–H groups in total. The summed E-state index contributed by atoms with van der Waals surface area (Å²) in [6.45, 7) is 0. The third kappa shape index (κ3) is 4.14. The lowest BCUT2D eigenvalue weighted by Gasteiger charge is -2.26. The number of nitrogens with one attached hydrogen (secondary N) is 1. The lowest BCUT2D eigenvalue weighted by atomic mass is 9.98. The molecule has 5 nitrogen and oxygen atoms in total. The first kappa shape index (κ1) is 19.9. The monoisotopic (exact) mass is 418 g/mol. The summed E-state index contributed by atoms with van der Waals surface area (Å²) in [6, 6.07) is 26.2. The van der Waals surface area contributed by atoms with E-state index in [9.17, 15) is 8.42 Å². The Hall–Kier alpha value is -3.38. The summed E-state index contributed by atoms with van der Waals surface area (Å²) in [6.07, 6.45) is 1.47. The summed E-state index contributed by atoms with van der Waals surface area (Å²) >= 11 is 0. The van der Waals surface area contributed by atoms with Gasteiger partial charge in [0.05, 0.1) is 24.9 Å². The summed E-state index contributed by atoms with van der Waals surface area (Å²) in [5.41, 5.74) is 3.77. The maximum Gasteiger partial charge on any atom is 0.181 e. The number of hydrogen-bond donors (Lipinski definition) is 1. The molecule has 152 valence electrons. The van der Waals surface area contributed by atoms with Crippen LogP contribution in [0.3, 0.4) is 0 Å². The van der Waals surface area contributed by atoms with Crippen molar-refractivity contribution in [3.05, 3.63) is 102 Å². The second kappa shape index (κ2) is 8.55. The Bertz CT molecular complexity index is 1170. The van der Waals surface area contributed by atoms with Gasteiger partial charge in [-0.05, 0) is 28.8 Å². The fourth-order valence-corrected chi connectivity index (χ4v) is 5.18. The van der Waals surface area contributed by atoms with Gasteiger partial charge in [0, 0.05) is 5.57 Å². The summed E-state index contributed by atoms with van der Waals surface area (Å²) in [5.74, 6) is 0.619. The van der Waals surface area contributed by atoms with Crippen LogP contribution >= 0.6 is 0 Å². The molecular formula is C24H22N2O3S. The van der Waals surface area contributed by atoms with E-state index >= 15 is 0 Å². The molecule has 0 aliphatic carbocycles. The van der Waals surface area contributed by atoms with Crippen LogP contribution in [0.15, 0.2) is 89.9 Å². The van der Waals surface area contributed by atoms with Crippen molar-refractivity contribution >= 4 is 27.4 Å². The highest BCUT2D eigenvalue weighted by Crippen LogP contribution is 2.35. The molecule has 6 heteroatoms. The molecule has 1 heterocycles. The molecular weight excluding hydrogens is 396 g/mol. The number of methoxy groups -OCH3 is 1. The summed E-state index contributed by atoms with van der Waals surface area (Å²) in [7, 11) is -2.02. The van der Waals surface area contributed by atoms with E-state index in [-0.39, 0.29) is 5.75 Å². The maximum absolute atomic E-state index is 13.4. The van der Waals surface area contributed by atoms with Crippen molar-refractivity contribution in [3.63, 3.8) is 0 Å². The number of nitrogens with zero attached hydrogens (tertiary/aromatic N) is 1. The van der Waals surface area contributed by atoms with E-state index in [0.717, 1.165) is 22.4 Å². The van der Waals surface area contributed by atoms with Crippen molar-refractivity contribution in [2.45, 2.75) is 11.1 Å². The molecule has 1 aliphatic heterocycles. The minimum Gasteiger partial charge on any atom is -0.497 e. The number of hydrogen-bond acceptors (Lipinski definition) is 5. The third-order valence-electron chi connectivity index (χ3n) is 4.95. The van der Waals surface area contributed by atoms with Crippen LogP contribution in [0.2, 0.25) is 0 Å². The number of aliphatic imine (C=N–C) groups is 1. The average Bonchev–Trinajstić information content (AvgIpc) is 2.79. The Balaban J connectivity index is 1.84. The predicted octanol–water partition coefficient (Wildman–Crippen LogP) is 4.14. The van der Waals surface area contributed by atoms with Crippen LogP contribution in [0.1, 0.15) is 16.7 Å². The summed E-state index contributed by atoms with van der Waals surface area (Å²) in [4.78, 5) is 4.36. The number of sulfone groups is 1. The number of ether oxygens (including phenoxy) is 1. The normalized spacial score (nSPS) is 16.2. The number of benzene rings is 3. The Morgan fingerprint density at radius 1 is 0.867 bits per heavy atom. The second-order valence-electron chi connectivity index (χ2n) is 6.95. The highest BCUT2D eigenvalue weighted by Gasteiger charge is 2.34. The van der Waals surface area contributed by atoms with Gasteiger partial charge in [-0.3, -0.25) is 4.99 Å². The van der Waals surface area contributed by atoms with Crippen LogP contribution in [0.25, 0.3) is 11.3 Å². The molecule has 0 amide bonds. The van der Waals surface area contributed by atoms with Crippen LogP contribution < -0.4 is 10.1 Å². The van der Waals surface area contributed by atoms with Gasteiger partial charge >= 0.3 is 0 Å². The Morgan fingerprint density at radius 2 is 1.50 bits per heavy atom. The largest absolute Gasteiger partial charge is 0.497 e. The summed E-state index contributed by atoms with van der Waals surface area (Å²) in [5, 5.41) is 2.16. The highest BCUT2D eigenvalue weighted by atomic mass is 32.2. The fraction of sp³-hybridized carbons (Fsp3) is 0.125. The molecule has 0 aromatic heterocycles. The van der Waals surface area contributed by atoms with Gasteiger partial charge in [0.2, 0.25) is 0 Å².